The van der Waals surface area contributed by atoms with Gasteiger partial charge < -0.3 is 14.8 Å². The van der Waals surface area contributed by atoms with Crippen LogP contribution in [0.2, 0.25) is 0 Å². The molecule has 3 heterocycles. The van der Waals surface area contributed by atoms with E-state index in [1.54, 1.807) is 0 Å². The molecule has 0 aliphatic carbocycles. The van der Waals surface area contributed by atoms with Crippen molar-refractivity contribution in [1.82, 2.24) is 14.8 Å². The van der Waals surface area contributed by atoms with Gasteiger partial charge in [0, 0.05) is 47.1 Å². The Morgan fingerprint density at radius 1 is 1.15 bits per heavy atom. The van der Waals surface area contributed by atoms with Crippen LogP contribution in [-0.2, 0) is 11.3 Å². The molecule has 2 aliphatic heterocycles. The Kier molecular flexibility index (Phi) is 5.65. The molecular weight excluding hydrogens is 390 g/mol. The highest BCUT2D eigenvalue weighted by Gasteiger charge is 2.32. The van der Waals surface area contributed by atoms with Crippen LogP contribution >= 0.6 is 15.9 Å². The first-order chi connectivity index (χ1) is 12.7. The van der Waals surface area contributed by atoms with E-state index < -0.39 is 0 Å². The average molecular weight is 418 g/mol. The fourth-order valence-electron chi connectivity index (χ4n) is 4.75. The van der Waals surface area contributed by atoms with Crippen molar-refractivity contribution in [3.8, 4) is 0 Å². The van der Waals surface area contributed by atoms with E-state index in [-0.39, 0.29) is 5.91 Å². The molecule has 0 saturated carbocycles. The molecule has 2 atom stereocenters. The summed E-state index contributed by atoms with van der Waals surface area (Å²) >= 11 is 3.59. The number of hydrogen-bond acceptors (Lipinski definition) is 2. The number of fused-ring (bicyclic) bond motifs is 2. The predicted octanol–water partition coefficient (Wildman–Crippen LogP) is 4.17. The molecule has 0 radical (unpaired) electrons. The Balaban J connectivity index is 1.29. The minimum atomic E-state index is 0.176. The van der Waals surface area contributed by atoms with Crippen molar-refractivity contribution in [2.24, 2.45) is 5.92 Å². The Hall–Kier alpha value is -1.33. The van der Waals surface area contributed by atoms with Gasteiger partial charge in [0.15, 0.2) is 0 Å². The summed E-state index contributed by atoms with van der Waals surface area (Å²) in [5.41, 5.74) is 1.18. The number of nitrogens with zero attached hydrogens (tertiary/aromatic N) is 2. The number of aryl methyl sites for hydroxylation is 1. The number of hydrogen-bond donors (Lipinski definition) is 1. The normalized spacial score (nSPS) is 23.7. The van der Waals surface area contributed by atoms with Gasteiger partial charge in [0.05, 0.1) is 0 Å². The molecule has 0 spiro atoms. The summed E-state index contributed by atoms with van der Waals surface area (Å²) < 4.78 is 3.27. The lowest BCUT2D eigenvalue weighted by Gasteiger charge is -2.44. The van der Waals surface area contributed by atoms with Gasteiger partial charge in [-0.3, -0.25) is 4.79 Å². The van der Waals surface area contributed by atoms with Crippen LogP contribution in [-0.4, -0.2) is 41.1 Å². The summed E-state index contributed by atoms with van der Waals surface area (Å²) in [7, 11) is 0. The van der Waals surface area contributed by atoms with Crippen LogP contribution in [0.15, 0.2) is 34.9 Å². The van der Waals surface area contributed by atoms with E-state index in [1.165, 1.54) is 56.1 Å². The van der Waals surface area contributed by atoms with Crippen molar-refractivity contribution >= 4 is 32.7 Å². The van der Waals surface area contributed by atoms with Gasteiger partial charge in [0.2, 0.25) is 5.91 Å². The number of nitrogens with one attached hydrogen (secondary N) is 1. The molecule has 5 heteroatoms. The van der Waals surface area contributed by atoms with Crippen LogP contribution in [0.3, 0.4) is 0 Å². The largest absolute Gasteiger partial charge is 0.356 e. The number of carbonyl (C=O) groups excluding carboxylic acids is 1. The number of halogens is 1. The van der Waals surface area contributed by atoms with E-state index in [4.69, 9.17) is 0 Å². The summed E-state index contributed by atoms with van der Waals surface area (Å²) in [5, 5.41) is 4.42. The van der Waals surface area contributed by atoms with Crippen LogP contribution in [0.4, 0.5) is 0 Å². The third-order valence-corrected chi connectivity index (χ3v) is 6.82. The van der Waals surface area contributed by atoms with Crippen molar-refractivity contribution in [2.45, 2.75) is 51.1 Å². The quantitative estimate of drug-likeness (QED) is 0.791. The highest BCUT2D eigenvalue weighted by atomic mass is 79.9. The van der Waals surface area contributed by atoms with Gasteiger partial charge in [-0.05, 0) is 62.9 Å². The summed E-state index contributed by atoms with van der Waals surface area (Å²) in [6.07, 6.45) is 9.16. The number of amides is 1. The molecule has 2 fully saturated rings. The van der Waals surface area contributed by atoms with Gasteiger partial charge in [-0.1, -0.05) is 28.4 Å². The van der Waals surface area contributed by atoms with Gasteiger partial charge in [-0.25, -0.2) is 0 Å². The van der Waals surface area contributed by atoms with Crippen LogP contribution in [0.1, 0.15) is 38.5 Å². The minimum absolute atomic E-state index is 0.176. The summed E-state index contributed by atoms with van der Waals surface area (Å²) in [5.74, 6) is 0.811. The minimum Gasteiger partial charge on any atom is -0.356 e. The van der Waals surface area contributed by atoms with E-state index in [0.29, 0.717) is 18.4 Å². The van der Waals surface area contributed by atoms with Crippen molar-refractivity contribution in [2.75, 3.05) is 19.6 Å². The highest BCUT2D eigenvalue weighted by Crippen LogP contribution is 2.30. The fourth-order valence-corrected chi connectivity index (χ4v) is 5.24. The van der Waals surface area contributed by atoms with E-state index in [0.717, 1.165) is 17.6 Å². The molecule has 2 aromatic rings. The zero-order chi connectivity index (χ0) is 17.9. The fraction of sp³-hybridized carbons (Fsp3) is 0.571. The van der Waals surface area contributed by atoms with Crippen molar-refractivity contribution in [3.05, 3.63) is 34.9 Å². The SMILES string of the molecule is O=C(CCn1ccc2c(Br)cccc21)NCC1CCCN2CCCCC12. The number of aromatic nitrogens is 1. The second-order valence-corrected chi connectivity index (χ2v) is 8.59. The second-order valence-electron chi connectivity index (χ2n) is 7.74. The molecule has 2 unspecified atom stereocenters. The molecule has 4 rings (SSSR count). The smallest absolute Gasteiger partial charge is 0.221 e. The van der Waals surface area contributed by atoms with Crippen LogP contribution in [0.5, 0.6) is 0 Å². The highest BCUT2D eigenvalue weighted by molar-refractivity contribution is 9.10. The zero-order valence-corrected chi connectivity index (χ0v) is 16.9. The molecule has 4 nitrogen and oxygen atoms in total. The number of rotatable bonds is 5. The first-order valence-corrected chi connectivity index (χ1v) is 10.8. The molecular formula is C21H28BrN3O. The monoisotopic (exact) mass is 417 g/mol. The number of carbonyl (C=O) groups is 1. The predicted molar refractivity (Wildman–Crippen MR) is 109 cm³/mol. The molecule has 1 amide bonds. The molecule has 26 heavy (non-hydrogen) atoms. The van der Waals surface area contributed by atoms with Crippen LogP contribution in [0, 0.1) is 5.92 Å². The summed E-state index contributed by atoms with van der Waals surface area (Å²) in [4.78, 5) is 15.1. The van der Waals surface area contributed by atoms with E-state index in [2.05, 4.69) is 55.1 Å². The van der Waals surface area contributed by atoms with E-state index in [1.807, 2.05) is 6.07 Å². The first kappa shape index (κ1) is 18.1. The van der Waals surface area contributed by atoms with Gasteiger partial charge >= 0.3 is 0 Å². The van der Waals surface area contributed by atoms with Gasteiger partial charge in [-0.15, -0.1) is 0 Å². The zero-order valence-electron chi connectivity index (χ0n) is 15.3. The average Bonchev–Trinajstić information content (AvgIpc) is 3.09. The number of piperidine rings is 2. The van der Waals surface area contributed by atoms with Gasteiger partial charge in [-0.2, -0.15) is 0 Å². The Morgan fingerprint density at radius 2 is 2.04 bits per heavy atom. The molecule has 140 valence electrons. The van der Waals surface area contributed by atoms with E-state index >= 15 is 0 Å². The molecule has 2 aliphatic rings. The maximum atomic E-state index is 12.4. The lowest BCUT2D eigenvalue weighted by Crippen LogP contribution is -2.51. The summed E-state index contributed by atoms with van der Waals surface area (Å²) in [6.45, 7) is 4.08. The maximum Gasteiger partial charge on any atom is 0.221 e. The Morgan fingerprint density at radius 3 is 2.96 bits per heavy atom. The van der Waals surface area contributed by atoms with Gasteiger partial charge in [0.25, 0.3) is 0 Å². The van der Waals surface area contributed by atoms with Crippen molar-refractivity contribution in [3.63, 3.8) is 0 Å². The third-order valence-electron chi connectivity index (χ3n) is 6.13. The standard InChI is InChI=1S/C21H28BrN3O/c22-18-6-3-8-20-17(18)9-13-25(20)14-10-21(26)23-15-16-5-4-12-24-11-2-1-7-19(16)24/h3,6,8-9,13,16,19H,1-2,4-5,7,10-12,14-15H2,(H,23,26). The van der Waals surface area contributed by atoms with Crippen LogP contribution < -0.4 is 5.32 Å². The van der Waals surface area contributed by atoms with Gasteiger partial charge in [0.1, 0.15) is 0 Å². The van der Waals surface area contributed by atoms with Crippen molar-refractivity contribution in [1.29, 1.82) is 0 Å². The van der Waals surface area contributed by atoms with Crippen molar-refractivity contribution < 1.29 is 4.79 Å². The summed E-state index contributed by atoms with van der Waals surface area (Å²) in [6, 6.07) is 9.01. The Bertz CT molecular complexity index is 770. The Labute approximate surface area is 164 Å². The maximum absolute atomic E-state index is 12.4. The second kappa shape index (κ2) is 8.13. The number of benzene rings is 1. The topological polar surface area (TPSA) is 37.3 Å². The first-order valence-electron chi connectivity index (χ1n) is 9.96. The molecule has 1 aromatic carbocycles. The lowest BCUT2D eigenvalue weighted by molar-refractivity contribution is -0.121. The third kappa shape index (κ3) is 3.84. The van der Waals surface area contributed by atoms with Crippen LogP contribution in [0.25, 0.3) is 10.9 Å². The molecule has 1 N–H and O–H groups in total. The molecule has 2 saturated heterocycles. The molecule has 0 bridgehead atoms. The molecule has 1 aromatic heterocycles. The van der Waals surface area contributed by atoms with E-state index in [9.17, 15) is 4.79 Å². The lowest BCUT2D eigenvalue weighted by atomic mass is 9.83.